The molecule has 9 heavy (non-hydrogen) atoms. The summed E-state index contributed by atoms with van der Waals surface area (Å²) in [5.74, 6) is 3.37. The highest BCUT2D eigenvalue weighted by atomic mass is 35.5. The van der Waals surface area contributed by atoms with Gasteiger partial charge in [-0.05, 0) is 24.3 Å². The van der Waals surface area contributed by atoms with E-state index in [0.717, 1.165) is 12.3 Å². The van der Waals surface area contributed by atoms with Gasteiger partial charge in [-0.25, -0.2) is 0 Å². The molecule has 0 amide bonds. The summed E-state index contributed by atoms with van der Waals surface area (Å²) in [6, 6.07) is 0. The van der Waals surface area contributed by atoms with Gasteiger partial charge in [-0.3, -0.25) is 0 Å². The number of rotatable bonds is 6. The third kappa shape index (κ3) is 8.64. The number of thioether (sulfide) groups is 1. The van der Waals surface area contributed by atoms with Crippen molar-refractivity contribution in [3.8, 4) is 0 Å². The van der Waals surface area contributed by atoms with Crippen LogP contribution in [0.4, 0.5) is 0 Å². The second-order valence-corrected chi connectivity index (χ2v) is 3.61. The summed E-state index contributed by atoms with van der Waals surface area (Å²) < 4.78 is 0. The van der Waals surface area contributed by atoms with Crippen LogP contribution < -0.4 is 0 Å². The zero-order valence-corrected chi connectivity index (χ0v) is 7.60. The first-order valence-corrected chi connectivity index (χ1v) is 5.24. The molecule has 0 radical (unpaired) electrons. The molecule has 0 N–H and O–H groups in total. The molecule has 0 saturated heterocycles. The van der Waals surface area contributed by atoms with Gasteiger partial charge in [0.15, 0.2) is 0 Å². The van der Waals surface area contributed by atoms with Crippen LogP contribution in [0.5, 0.6) is 0 Å². The molecule has 0 atom stereocenters. The lowest BCUT2D eigenvalue weighted by atomic mass is 10.4. The third-order valence-corrected chi connectivity index (χ3v) is 2.49. The van der Waals surface area contributed by atoms with Crippen LogP contribution in [-0.2, 0) is 0 Å². The van der Waals surface area contributed by atoms with E-state index in [1.165, 1.54) is 24.3 Å². The summed E-state index contributed by atoms with van der Waals surface area (Å²) in [5.41, 5.74) is 0. The van der Waals surface area contributed by atoms with Crippen molar-refractivity contribution in [2.24, 2.45) is 0 Å². The molecule has 0 heterocycles. The molecule has 0 nitrogen and oxygen atoms in total. The maximum Gasteiger partial charge on any atom is 0.0231 e. The van der Waals surface area contributed by atoms with Crippen LogP contribution in [-0.4, -0.2) is 17.4 Å². The van der Waals surface area contributed by atoms with E-state index in [0.29, 0.717) is 0 Å². The zero-order chi connectivity index (χ0) is 6.95. The van der Waals surface area contributed by atoms with Crippen LogP contribution in [0.15, 0.2) is 0 Å². The van der Waals surface area contributed by atoms with Crippen molar-refractivity contribution >= 4 is 23.4 Å². The fourth-order valence-electron chi connectivity index (χ4n) is 0.505. The topological polar surface area (TPSA) is 0 Å². The van der Waals surface area contributed by atoms with Crippen LogP contribution in [0, 0.1) is 0 Å². The Morgan fingerprint density at radius 1 is 1.22 bits per heavy atom. The lowest BCUT2D eigenvalue weighted by molar-refractivity contribution is 0.895. The molecule has 0 spiro atoms. The van der Waals surface area contributed by atoms with Gasteiger partial charge in [0.1, 0.15) is 0 Å². The largest absolute Gasteiger partial charge is 0.162 e. The molecule has 0 rings (SSSR count). The first-order valence-electron chi connectivity index (χ1n) is 3.55. The molecule has 0 bridgehead atoms. The lowest BCUT2D eigenvalue weighted by Crippen LogP contribution is -1.83. The minimum absolute atomic E-state index is 0.819. The molecule has 0 saturated carbocycles. The van der Waals surface area contributed by atoms with Crippen LogP contribution in [0.1, 0.15) is 26.2 Å². The zero-order valence-electron chi connectivity index (χ0n) is 6.03. The molecule has 0 unspecified atom stereocenters. The van der Waals surface area contributed by atoms with E-state index in [2.05, 4.69) is 6.92 Å². The quantitative estimate of drug-likeness (QED) is 0.432. The van der Waals surface area contributed by atoms with Crippen LogP contribution in [0.2, 0.25) is 0 Å². The van der Waals surface area contributed by atoms with Crippen molar-refractivity contribution in [2.75, 3.05) is 17.4 Å². The Balaban J connectivity index is 2.60. The molecule has 0 fully saturated rings. The minimum atomic E-state index is 0.819. The average molecular weight is 167 g/mol. The van der Waals surface area contributed by atoms with Crippen molar-refractivity contribution in [1.29, 1.82) is 0 Å². The molecule has 2 heteroatoms. The maximum atomic E-state index is 5.50. The monoisotopic (exact) mass is 166 g/mol. The molecular formula is C7H15ClS. The summed E-state index contributed by atoms with van der Waals surface area (Å²) in [6.07, 6.45) is 3.83. The van der Waals surface area contributed by atoms with Gasteiger partial charge in [0.05, 0.1) is 0 Å². The second-order valence-electron chi connectivity index (χ2n) is 2.01. The molecule has 56 valence electrons. The van der Waals surface area contributed by atoms with Gasteiger partial charge in [0, 0.05) is 5.88 Å². The minimum Gasteiger partial charge on any atom is -0.162 e. The average Bonchev–Trinajstić information content (AvgIpc) is 1.89. The van der Waals surface area contributed by atoms with E-state index in [-0.39, 0.29) is 0 Å². The van der Waals surface area contributed by atoms with Crippen LogP contribution in [0.3, 0.4) is 0 Å². The highest BCUT2D eigenvalue weighted by Gasteiger charge is 1.86. The predicted octanol–water partition coefficient (Wildman–Crippen LogP) is 3.15. The Morgan fingerprint density at radius 2 is 1.89 bits per heavy atom. The molecule has 0 aliphatic carbocycles. The number of hydrogen-bond acceptors (Lipinski definition) is 1. The predicted molar refractivity (Wildman–Crippen MR) is 47.6 cm³/mol. The van der Waals surface area contributed by atoms with Gasteiger partial charge >= 0.3 is 0 Å². The SMILES string of the molecule is CCCCSCCCCl. The van der Waals surface area contributed by atoms with Crippen LogP contribution in [0.25, 0.3) is 0 Å². The number of halogens is 1. The molecule has 0 aliphatic rings. The van der Waals surface area contributed by atoms with E-state index in [1.54, 1.807) is 0 Å². The summed E-state index contributed by atoms with van der Waals surface area (Å²) in [4.78, 5) is 0. The first-order chi connectivity index (χ1) is 4.41. The number of hydrogen-bond donors (Lipinski definition) is 0. The molecule has 0 aromatic rings. The van der Waals surface area contributed by atoms with Crippen molar-refractivity contribution in [3.05, 3.63) is 0 Å². The molecule has 0 aromatic heterocycles. The standard InChI is InChI=1S/C7H15ClS/c1-2-3-6-9-7-4-5-8/h2-7H2,1H3. The summed E-state index contributed by atoms with van der Waals surface area (Å²) in [5, 5.41) is 0. The summed E-state index contributed by atoms with van der Waals surface area (Å²) in [6.45, 7) is 2.22. The van der Waals surface area contributed by atoms with E-state index in [1.807, 2.05) is 11.8 Å². The lowest BCUT2D eigenvalue weighted by Gasteiger charge is -1.95. The van der Waals surface area contributed by atoms with Crippen molar-refractivity contribution in [1.82, 2.24) is 0 Å². The van der Waals surface area contributed by atoms with Gasteiger partial charge in [-0.2, -0.15) is 11.8 Å². The summed E-state index contributed by atoms with van der Waals surface area (Å²) >= 11 is 7.52. The van der Waals surface area contributed by atoms with E-state index < -0.39 is 0 Å². The highest BCUT2D eigenvalue weighted by Crippen LogP contribution is 2.05. The Morgan fingerprint density at radius 3 is 2.44 bits per heavy atom. The van der Waals surface area contributed by atoms with Gasteiger partial charge in [0.2, 0.25) is 0 Å². The Labute approximate surface area is 67.4 Å². The number of unbranched alkanes of at least 4 members (excludes halogenated alkanes) is 1. The van der Waals surface area contributed by atoms with E-state index in [4.69, 9.17) is 11.6 Å². The smallest absolute Gasteiger partial charge is 0.0231 e. The Hall–Kier alpha value is 0.640. The van der Waals surface area contributed by atoms with Crippen molar-refractivity contribution in [3.63, 3.8) is 0 Å². The van der Waals surface area contributed by atoms with Gasteiger partial charge in [-0.15, -0.1) is 11.6 Å². The normalized spacial score (nSPS) is 10.0. The Bertz CT molecular complexity index is 42.2. The number of alkyl halides is 1. The summed E-state index contributed by atoms with van der Waals surface area (Å²) in [7, 11) is 0. The first kappa shape index (κ1) is 9.64. The maximum absolute atomic E-state index is 5.50. The van der Waals surface area contributed by atoms with Gasteiger partial charge in [0.25, 0.3) is 0 Å². The highest BCUT2D eigenvalue weighted by molar-refractivity contribution is 7.99. The van der Waals surface area contributed by atoms with Crippen molar-refractivity contribution in [2.45, 2.75) is 26.2 Å². The molecular weight excluding hydrogens is 152 g/mol. The third-order valence-electron chi connectivity index (χ3n) is 1.06. The van der Waals surface area contributed by atoms with Crippen molar-refractivity contribution < 1.29 is 0 Å². The molecule has 0 aromatic carbocycles. The molecule has 0 aliphatic heterocycles. The van der Waals surface area contributed by atoms with Gasteiger partial charge in [-0.1, -0.05) is 13.3 Å². The van der Waals surface area contributed by atoms with Crippen LogP contribution >= 0.6 is 23.4 Å². The fourth-order valence-corrected chi connectivity index (χ4v) is 1.84. The van der Waals surface area contributed by atoms with E-state index >= 15 is 0 Å². The van der Waals surface area contributed by atoms with Gasteiger partial charge < -0.3 is 0 Å². The second kappa shape index (κ2) is 8.64. The Kier molecular flexibility index (Phi) is 9.25. The van der Waals surface area contributed by atoms with E-state index in [9.17, 15) is 0 Å². The fraction of sp³-hybridized carbons (Fsp3) is 1.00.